The van der Waals surface area contributed by atoms with E-state index in [4.69, 9.17) is 0 Å². The molecule has 0 unspecified atom stereocenters. The molecule has 0 aliphatic carbocycles. The third-order valence-corrected chi connectivity index (χ3v) is 6.76. The highest BCUT2D eigenvalue weighted by molar-refractivity contribution is 5.83. The van der Waals surface area contributed by atoms with Gasteiger partial charge in [0.15, 0.2) is 0 Å². The van der Waals surface area contributed by atoms with Crippen LogP contribution in [0.2, 0.25) is 0 Å². The number of nitrogens with zero attached hydrogens (tertiary/aromatic N) is 4. The fraction of sp³-hybridized carbons (Fsp3) is 0.370. The van der Waals surface area contributed by atoms with E-state index in [1.807, 2.05) is 42.5 Å². The standard InChI is InChI=1S/C27H33N5O/c1-4-12-29-26(33)27(11-6-15-32(20-27)19-25-18-30-31(3)21(25)2)17-22-7-5-8-24(16-22)23-9-13-28-14-10-23/h4-5,7-10,13-14,16,18H,1,6,11-12,15,17,19-20H2,2-3H3,(H,29,33)/t27-/m0/s1. The molecule has 172 valence electrons. The van der Waals surface area contributed by atoms with Crippen molar-refractivity contribution in [3.05, 3.63) is 84.5 Å². The SMILES string of the molecule is C=CCNC(=O)[C@]1(Cc2cccc(-c3ccncc3)c2)CCCN(Cc2cnn(C)c2C)C1. The molecular weight excluding hydrogens is 410 g/mol. The maximum Gasteiger partial charge on any atom is 0.228 e. The van der Waals surface area contributed by atoms with E-state index < -0.39 is 5.41 Å². The molecule has 6 nitrogen and oxygen atoms in total. The average Bonchev–Trinajstić information content (AvgIpc) is 3.15. The summed E-state index contributed by atoms with van der Waals surface area (Å²) in [4.78, 5) is 20.0. The summed E-state index contributed by atoms with van der Waals surface area (Å²) in [6.45, 7) is 8.88. The third kappa shape index (κ3) is 5.22. The van der Waals surface area contributed by atoms with Gasteiger partial charge in [0.1, 0.15) is 0 Å². The van der Waals surface area contributed by atoms with Crippen LogP contribution in [-0.4, -0.2) is 45.2 Å². The van der Waals surface area contributed by atoms with Gasteiger partial charge in [0.25, 0.3) is 0 Å². The largest absolute Gasteiger partial charge is 0.352 e. The van der Waals surface area contributed by atoms with Crippen LogP contribution in [-0.2, 0) is 24.8 Å². The summed E-state index contributed by atoms with van der Waals surface area (Å²) in [5.74, 6) is 0.115. The molecule has 0 radical (unpaired) electrons. The van der Waals surface area contributed by atoms with Crippen molar-refractivity contribution in [2.75, 3.05) is 19.6 Å². The Morgan fingerprint density at radius 1 is 1.24 bits per heavy atom. The highest BCUT2D eigenvalue weighted by atomic mass is 16.2. The summed E-state index contributed by atoms with van der Waals surface area (Å²) in [5, 5.41) is 7.50. The number of benzene rings is 1. The fourth-order valence-electron chi connectivity index (χ4n) is 4.86. The van der Waals surface area contributed by atoms with Gasteiger partial charge in [0.05, 0.1) is 11.6 Å². The van der Waals surface area contributed by atoms with E-state index in [2.05, 4.69) is 58.1 Å². The summed E-state index contributed by atoms with van der Waals surface area (Å²) in [5.41, 5.74) is 5.38. The first-order chi connectivity index (χ1) is 16.0. The van der Waals surface area contributed by atoms with Crippen LogP contribution in [0, 0.1) is 12.3 Å². The van der Waals surface area contributed by atoms with Crippen LogP contribution >= 0.6 is 0 Å². The minimum atomic E-state index is -0.478. The highest BCUT2D eigenvalue weighted by Crippen LogP contribution is 2.36. The first-order valence-electron chi connectivity index (χ1n) is 11.6. The molecule has 1 aliphatic rings. The zero-order valence-electron chi connectivity index (χ0n) is 19.6. The molecule has 2 aromatic heterocycles. The van der Waals surface area contributed by atoms with Crippen LogP contribution in [0.4, 0.5) is 0 Å². The molecule has 1 fully saturated rings. The zero-order chi connectivity index (χ0) is 23.3. The fourth-order valence-corrected chi connectivity index (χ4v) is 4.86. The minimum Gasteiger partial charge on any atom is -0.352 e. The van der Waals surface area contributed by atoms with Crippen molar-refractivity contribution in [2.45, 2.75) is 32.7 Å². The quantitative estimate of drug-likeness (QED) is 0.536. The number of pyridine rings is 1. The molecule has 6 heteroatoms. The Morgan fingerprint density at radius 3 is 2.79 bits per heavy atom. The van der Waals surface area contributed by atoms with Gasteiger partial charge in [-0.1, -0.05) is 30.3 Å². The smallest absolute Gasteiger partial charge is 0.228 e. The maximum absolute atomic E-state index is 13.5. The van der Waals surface area contributed by atoms with Gasteiger partial charge in [-0.05, 0) is 61.6 Å². The number of carbonyl (C=O) groups excluding carboxylic acids is 1. The second kappa shape index (κ2) is 10.1. The Hall–Kier alpha value is -3.25. The number of amides is 1. The molecule has 0 saturated carbocycles. The van der Waals surface area contributed by atoms with E-state index >= 15 is 0 Å². The first kappa shape index (κ1) is 22.9. The molecule has 0 spiro atoms. The zero-order valence-corrected chi connectivity index (χ0v) is 19.6. The van der Waals surface area contributed by atoms with Crippen molar-refractivity contribution in [1.82, 2.24) is 25.0 Å². The van der Waals surface area contributed by atoms with E-state index in [1.165, 1.54) is 16.8 Å². The lowest BCUT2D eigenvalue weighted by Crippen LogP contribution is -2.53. The number of aromatic nitrogens is 3. The van der Waals surface area contributed by atoms with Gasteiger partial charge in [0.2, 0.25) is 5.91 Å². The normalized spacial score (nSPS) is 18.7. The van der Waals surface area contributed by atoms with Crippen LogP contribution in [0.15, 0.2) is 67.6 Å². The van der Waals surface area contributed by atoms with Crippen LogP contribution in [0.5, 0.6) is 0 Å². The van der Waals surface area contributed by atoms with Crippen molar-refractivity contribution in [3.63, 3.8) is 0 Å². The van der Waals surface area contributed by atoms with Gasteiger partial charge in [-0.3, -0.25) is 19.4 Å². The van der Waals surface area contributed by atoms with E-state index in [1.54, 1.807) is 6.08 Å². The van der Waals surface area contributed by atoms with Crippen molar-refractivity contribution in [2.24, 2.45) is 12.5 Å². The third-order valence-electron chi connectivity index (χ3n) is 6.76. The summed E-state index contributed by atoms with van der Waals surface area (Å²) in [6, 6.07) is 12.6. The maximum atomic E-state index is 13.5. The lowest BCUT2D eigenvalue weighted by atomic mass is 9.74. The Morgan fingerprint density at radius 2 is 2.06 bits per heavy atom. The lowest BCUT2D eigenvalue weighted by Gasteiger charge is -2.42. The molecule has 1 amide bonds. The van der Waals surface area contributed by atoms with Crippen LogP contribution in [0.25, 0.3) is 11.1 Å². The predicted molar refractivity (Wildman–Crippen MR) is 131 cm³/mol. The molecule has 0 bridgehead atoms. The monoisotopic (exact) mass is 443 g/mol. The van der Waals surface area contributed by atoms with E-state index in [0.29, 0.717) is 13.0 Å². The van der Waals surface area contributed by atoms with Gasteiger partial charge in [-0.25, -0.2) is 0 Å². The number of hydrogen-bond donors (Lipinski definition) is 1. The van der Waals surface area contributed by atoms with Gasteiger partial charge >= 0.3 is 0 Å². The van der Waals surface area contributed by atoms with Crippen molar-refractivity contribution >= 4 is 5.91 Å². The summed E-state index contributed by atoms with van der Waals surface area (Å²) in [7, 11) is 1.97. The summed E-state index contributed by atoms with van der Waals surface area (Å²) >= 11 is 0. The molecule has 4 rings (SSSR count). The first-order valence-corrected chi connectivity index (χ1v) is 11.6. The molecule has 1 aromatic carbocycles. The number of aryl methyl sites for hydroxylation is 1. The molecule has 3 heterocycles. The van der Waals surface area contributed by atoms with Gasteiger partial charge in [0, 0.05) is 50.3 Å². The Labute approximate surface area is 196 Å². The Bertz CT molecular complexity index is 1110. The molecule has 3 aromatic rings. The molecule has 1 N–H and O–H groups in total. The van der Waals surface area contributed by atoms with Crippen LogP contribution in [0.1, 0.15) is 29.7 Å². The topological polar surface area (TPSA) is 63.1 Å². The molecule has 1 saturated heterocycles. The Kier molecular flexibility index (Phi) is 7.04. The van der Waals surface area contributed by atoms with Crippen molar-refractivity contribution < 1.29 is 4.79 Å². The van der Waals surface area contributed by atoms with E-state index in [9.17, 15) is 4.79 Å². The van der Waals surface area contributed by atoms with Gasteiger partial charge in [-0.15, -0.1) is 6.58 Å². The summed E-state index contributed by atoms with van der Waals surface area (Å²) < 4.78 is 1.91. The van der Waals surface area contributed by atoms with Gasteiger partial charge < -0.3 is 5.32 Å². The van der Waals surface area contributed by atoms with Crippen LogP contribution in [0.3, 0.4) is 0 Å². The number of piperidine rings is 1. The number of carbonyl (C=O) groups is 1. The van der Waals surface area contributed by atoms with Gasteiger partial charge in [-0.2, -0.15) is 5.10 Å². The van der Waals surface area contributed by atoms with E-state index in [0.717, 1.165) is 43.6 Å². The van der Waals surface area contributed by atoms with E-state index in [-0.39, 0.29) is 5.91 Å². The number of rotatable bonds is 8. The second-order valence-electron chi connectivity index (χ2n) is 9.09. The second-order valence-corrected chi connectivity index (χ2v) is 9.09. The number of likely N-dealkylation sites (tertiary alicyclic amines) is 1. The number of hydrogen-bond acceptors (Lipinski definition) is 4. The predicted octanol–water partition coefficient (Wildman–Crippen LogP) is 3.92. The number of nitrogens with one attached hydrogen (secondary N) is 1. The molecule has 1 aliphatic heterocycles. The lowest BCUT2D eigenvalue weighted by molar-refractivity contribution is -0.134. The van der Waals surface area contributed by atoms with Crippen LogP contribution < -0.4 is 5.32 Å². The summed E-state index contributed by atoms with van der Waals surface area (Å²) in [6.07, 6.45) is 9.88. The Balaban J connectivity index is 1.60. The van der Waals surface area contributed by atoms with Crippen molar-refractivity contribution in [3.8, 4) is 11.1 Å². The molecule has 1 atom stereocenters. The average molecular weight is 444 g/mol. The van der Waals surface area contributed by atoms with Crippen molar-refractivity contribution in [1.29, 1.82) is 0 Å². The molecular formula is C27H33N5O. The minimum absolute atomic E-state index is 0.115. The highest BCUT2D eigenvalue weighted by Gasteiger charge is 2.42. The molecule has 33 heavy (non-hydrogen) atoms.